The lowest BCUT2D eigenvalue weighted by molar-refractivity contribution is 0.0988. The first-order chi connectivity index (χ1) is 15.4. The molecule has 0 unspecified atom stereocenters. The summed E-state index contributed by atoms with van der Waals surface area (Å²) in [5.41, 5.74) is 8.34. The molecular weight excluding hydrogens is 430 g/mol. The van der Waals surface area contributed by atoms with E-state index in [1.54, 1.807) is 17.8 Å². The van der Waals surface area contributed by atoms with Crippen LogP contribution in [0.4, 0.5) is 8.78 Å². The molecule has 1 fully saturated rings. The molecule has 0 spiro atoms. The first-order valence-electron chi connectivity index (χ1n) is 10.7. The molecule has 0 amide bonds. The maximum Gasteiger partial charge on any atom is 0.186 e. The summed E-state index contributed by atoms with van der Waals surface area (Å²) in [5.74, 6) is -0.957. The van der Waals surface area contributed by atoms with Crippen LogP contribution in [0.1, 0.15) is 47.3 Å². The molecular formula is C24H26F2N4OS. The number of likely N-dealkylation sites (N-methyl/N-ethyl adjacent to an activating group) is 1. The minimum absolute atomic E-state index is 0.0298. The van der Waals surface area contributed by atoms with Gasteiger partial charge in [-0.1, -0.05) is 13.0 Å². The zero-order valence-electron chi connectivity index (χ0n) is 18.0. The van der Waals surface area contributed by atoms with Crippen LogP contribution in [0.25, 0.3) is 10.6 Å². The number of nitrogens with one attached hydrogen (secondary N) is 1. The highest BCUT2D eigenvalue weighted by molar-refractivity contribution is 7.13. The third-order valence-electron chi connectivity index (χ3n) is 6.32. The van der Waals surface area contributed by atoms with Crippen molar-refractivity contribution in [2.45, 2.75) is 44.2 Å². The zero-order valence-corrected chi connectivity index (χ0v) is 18.8. The van der Waals surface area contributed by atoms with Gasteiger partial charge in [-0.2, -0.15) is 0 Å². The number of Topliss-reactive ketones (excluding diaryl/α,β-unsaturated/α-hetero) is 1. The van der Waals surface area contributed by atoms with Crippen molar-refractivity contribution >= 4 is 17.1 Å². The normalized spacial score (nSPS) is 23.3. The van der Waals surface area contributed by atoms with Crippen LogP contribution in [-0.4, -0.2) is 34.9 Å². The lowest BCUT2D eigenvalue weighted by Crippen LogP contribution is -2.51. The molecule has 1 aliphatic carbocycles. The van der Waals surface area contributed by atoms with Crippen molar-refractivity contribution in [3.63, 3.8) is 0 Å². The van der Waals surface area contributed by atoms with Gasteiger partial charge in [-0.25, -0.2) is 13.8 Å². The number of nitrogens with zero attached hydrogens (tertiary/aromatic N) is 2. The highest BCUT2D eigenvalue weighted by atomic mass is 32.1. The lowest BCUT2D eigenvalue weighted by Gasteiger charge is -2.39. The topological polar surface area (TPSA) is 80.9 Å². The van der Waals surface area contributed by atoms with Crippen LogP contribution in [0.15, 0.2) is 42.0 Å². The Morgan fingerprint density at radius 3 is 2.69 bits per heavy atom. The minimum Gasteiger partial charge on any atom is -0.326 e. The number of carbonyl (C=O) groups is 1. The van der Waals surface area contributed by atoms with E-state index in [0.717, 1.165) is 35.3 Å². The van der Waals surface area contributed by atoms with E-state index in [2.05, 4.69) is 22.2 Å². The van der Waals surface area contributed by atoms with Gasteiger partial charge >= 0.3 is 0 Å². The van der Waals surface area contributed by atoms with Crippen molar-refractivity contribution in [1.82, 2.24) is 15.3 Å². The fourth-order valence-corrected chi connectivity index (χ4v) is 5.68. The summed E-state index contributed by atoms with van der Waals surface area (Å²) in [5, 5.41) is 5.02. The molecule has 2 heterocycles. The molecule has 8 heteroatoms. The molecule has 1 saturated carbocycles. The van der Waals surface area contributed by atoms with Crippen LogP contribution >= 0.6 is 11.3 Å². The number of benzene rings is 1. The van der Waals surface area contributed by atoms with Gasteiger partial charge in [0.05, 0.1) is 5.56 Å². The first kappa shape index (κ1) is 22.6. The molecule has 1 aliphatic rings. The van der Waals surface area contributed by atoms with E-state index in [1.165, 1.54) is 18.2 Å². The molecule has 32 heavy (non-hydrogen) atoms. The van der Waals surface area contributed by atoms with Crippen molar-refractivity contribution in [2.75, 3.05) is 7.05 Å². The Bertz CT molecular complexity index is 1090. The molecule has 5 nitrogen and oxygen atoms in total. The second-order valence-electron chi connectivity index (χ2n) is 8.43. The molecule has 3 N–H and O–H groups in total. The summed E-state index contributed by atoms with van der Waals surface area (Å²) in [4.78, 5) is 21.4. The quantitative estimate of drug-likeness (QED) is 0.540. The zero-order chi connectivity index (χ0) is 22.8. The molecule has 0 aliphatic heterocycles. The lowest BCUT2D eigenvalue weighted by atomic mass is 9.72. The SMILES string of the molecule is CN[C@@H]1[C@H](N)C[C@H](c2ccncc2CC(=O)c2csc(-c3c(F)cccc3F)n2)C[C@@H]1C. The Balaban J connectivity index is 1.55. The monoisotopic (exact) mass is 456 g/mol. The van der Waals surface area contributed by atoms with Gasteiger partial charge < -0.3 is 11.1 Å². The molecule has 0 saturated heterocycles. The van der Waals surface area contributed by atoms with E-state index in [4.69, 9.17) is 5.73 Å². The number of thiazole rings is 1. The van der Waals surface area contributed by atoms with Crippen LogP contribution in [-0.2, 0) is 6.42 Å². The third-order valence-corrected chi connectivity index (χ3v) is 7.18. The number of ketones is 1. The van der Waals surface area contributed by atoms with E-state index < -0.39 is 11.6 Å². The summed E-state index contributed by atoms with van der Waals surface area (Å²) in [6.45, 7) is 2.19. The second kappa shape index (κ2) is 9.52. The van der Waals surface area contributed by atoms with Gasteiger partial charge in [0.25, 0.3) is 0 Å². The van der Waals surface area contributed by atoms with Gasteiger partial charge in [0.2, 0.25) is 0 Å². The Morgan fingerprint density at radius 1 is 1.25 bits per heavy atom. The number of pyridine rings is 1. The molecule has 2 aromatic heterocycles. The van der Waals surface area contributed by atoms with Crippen molar-refractivity contribution in [2.24, 2.45) is 11.7 Å². The summed E-state index contributed by atoms with van der Waals surface area (Å²) in [7, 11) is 1.94. The standard InChI is InChI=1S/C24H26F2N4OS/c1-13-8-14(9-19(27)23(13)28-2)16-6-7-29-11-15(16)10-21(31)20-12-32-24(30-20)22-17(25)4-3-5-18(22)26/h3-7,11-14,19,23,28H,8-10,27H2,1-2H3/t13-,14+,19+,23-/m0/s1. The van der Waals surface area contributed by atoms with Gasteiger partial charge in [0, 0.05) is 36.3 Å². The van der Waals surface area contributed by atoms with Crippen molar-refractivity contribution in [3.8, 4) is 10.6 Å². The van der Waals surface area contributed by atoms with E-state index in [-0.39, 0.29) is 46.5 Å². The minimum atomic E-state index is -0.699. The van der Waals surface area contributed by atoms with Gasteiger partial charge in [-0.05, 0) is 61.1 Å². The molecule has 0 radical (unpaired) electrons. The number of aromatic nitrogens is 2. The van der Waals surface area contributed by atoms with Crippen LogP contribution in [0.2, 0.25) is 0 Å². The van der Waals surface area contributed by atoms with E-state index in [1.807, 2.05) is 13.1 Å². The van der Waals surface area contributed by atoms with Crippen molar-refractivity contribution < 1.29 is 13.6 Å². The fourth-order valence-electron chi connectivity index (χ4n) is 4.81. The highest BCUT2D eigenvalue weighted by Crippen LogP contribution is 2.37. The highest BCUT2D eigenvalue weighted by Gasteiger charge is 2.34. The first-order valence-corrected chi connectivity index (χ1v) is 11.6. The predicted molar refractivity (Wildman–Crippen MR) is 122 cm³/mol. The Hall–Kier alpha value is -2.55. The maximum atomic E-state index is 14.1. The Kier molecular flexibility index (Phi) is 6.74. The van der Waals surface area contributed by atoms with Crippen LogP contribution < -0.4 is 11.1 Å². The van der Waals surface area contributed by atoms with Gasteiger partial charge in [-0.3, -0.25) is 9.78 Å². The number of rotatable bonds is 6. The molecule has 3 aromatic rings. The number of halogens is 2. The molecule has 4 rings (SSSR count). The van der Waals surface area contributed by atoms with Crippen molar-refractivity contribution in [3.05, 3.63) is 70.5 Å². The molecule has 168 valence electrons. The summed E-state index contributed by atoms with van der Waals surface area (Å²) >= 11 is 1.05. The maximum absolute atomic E-state index is 14.1. The fraction of sp³-hybridized carbons (Fsp3) is 0.375. The predicted octanol–water partition coefficient (Wildman–Crippen LogP) is 4.34. The smallest absolute Gasteiger partial charge is 0.186 e. The van der Waals surface area contributed by atoms with Gasteiger partial charge in [-0.15, -0.1) is 11.3 Å². The van der Waals surface area contributed by atoms with Gasteiger partial charge in [0.1, 0.15) is 22.3 Å². The van der Waals surface area contributed by atoms with Crippen LogP contribution in [0.5, 0.6) is 0 Å². The summed E-state index contributed by atoms with van der Waals surface area (Å²) in [6, 6.07) is 5.92. The Morgan fingerprint density at radius 2 is 2.00 bits per heavy atom. The second-order valence-corrected chi connectivity index (χ2v) is 9.29. The number of carbonyl (C=O) groups excluding carboxylic acids is 1. The van der Waals surface area contributed by atoms with Crippen molar-refractivity contribution in [1.29, 1.82) is 0 Å². The van der Waals surface area contributed by atoms with Gasteiger partial charge in [0.15, 0.2) is 5.78 Å². The molecule has 4 atom stereocenters. The average Bonchev–Trinajstić information content (AvgIpc) is 3.24. The third kappa shape index (κ3) is 4.48. The largest absolute Gasteiger partial charge is 0.326 e. The number of nitrogens with two attached hydrogens (primary N) is 1. The molecule has 1 aromatic carbocycles. The summed E-state index contributed by atoms with van der Waals surface area (Å²) in [6.07, 6.45) is 5.39. The summed E-state index contributed by atoms with van der Waals surface area (Å²) < 4.78 is 28.2. The van der Waals surface area contributed by atoms with Crippen LogP contribution in [0.3, 0.4) is 0 Å². The van der Waals surface area contributed by atoms with E-state index >= 15 is 0 Å². The average molecular weight is 457 g/mol. The van der Waals surface area contributed by atoms with E-state index in [0.29, 0.717) is 5.92 Å². The Labute approximate surface area is 190 Å². The molecule has 0 bridgehead atoms. The van der Waals surface area contributed by atoms with E-state index in [9.17, 15) is 13.6 Å². The number of hydrogen-bond acceptors (Lipinski definition) is 6. The number of hydrogen-bond donors (Lipinski definition) is 2. The van der Waals surface area contributed by atoms with Crippen LogP contribution in [0, 0.1) is 17.6 Å².